The molecule has 0 unspecified atom stereocenters. The van der Waals surface area contributed by atoms with Gasteiger partial charge in [0, 0.05) is 12.1 Å². The molecule has 0 aliphatic carbocycles. The molecule has 2 aromatic carbocycles. The predicted octanol–water partition coefficient (Wildman–Crippen LogP) is 2.98. The number of ether oxygens (including phenoxy) is 3. The van der Waals surface area contributed by atoms with E-state index in [0.717, 1.165) is 5.56 Å². The van der Waals surface area contributed by atoms with Crippen LogP contribution in [-0.4, -0.2) is 33.8 Å². The van der Waals surface area contributed by atoms with Crippen LogP contribution in [0.2, 0.25) is 0 Å². The number of methoxy groups -OCH3 is 3. The van der Waals surface area contributed by atoms with E-state index in [1.54, 1.807) is 12.1 Å². The molecule has 0 aromatic heterocycles. The molecule has 6 heteroatoms. The van der Waals surface area contributed by atoms with Crippen molar-refractivity contribution in [2.24, 2.45) is 0 Å². The number of carbonyl (C=O) groups excluding carboxylic acids is 1. The zero-order valence-electron chi connectivity index (χ0n) is 15.6. The maximum Gasteiger partial charge on any atom is 0.261 e. The third-order valence-electron chi connectivity index (χ3n) is 3.94. The largest absolute Gasteiger partial charge is 0.493 e. The van der Waals surface area contributed by atoms with Gasteiger partial charge in [-0.05, 0) is 30.2 Å². The number of amides is 1. The second-order valence-corrected chi connectivity index (χ2v) is 5.58. The second-order valence-electron chi connectivity index (χ2n) is 5.58. The van der Waals surface area contributed by atoms with Gasteiger partial charge in [0.25, 0.3) is 5.91 Å². The van der Waals surface area contributed by atoms with Crippen LogP contribution >= 0.6 is 0 Å². The topological polar surface area (TPSA) is 80.6 Å². The summed E-state index contributed by atoms with van der Waals surface area (Å²) in [5, 5.41) is 12.2. The summed E-state index contributed by atoms with van der Waals surface area (Å²) in [6, 6.07) is 15.1. The molecule has 0 radical (unpaired) electrons. The number of rotatable bonds is 8. The van der Waals surface area contributed by atoms with Crippen LogP contribution in [0.5, 0.6) is 17.2 Å². The van der Waals surface area contributed by atoms with Crippen LogP contribution < -0.4 is 19.5 Å². The first-order valence-corrected chi connectivity index (χ1v) is 8.37. The van der Waals surface area contributed by atoms with Crippen molar-refractivity contribution in [3.63, 3.8) is 0 Å². The smallest absolute Gasteiger partial charge is 0.261 e. The number of hydrogen-bond donors (Lipinski definition) is 1. The van der Waals surface area contributed by atoms with E-state index in [-0.39, 0.29) is 5.57 Å². The van der Waals surface area contributed by atoms with E-state index in [0.29, 0.717) is 35.8 Å². The molecule has 0 aliphatic rings. The van der Waals surface area contributed by atoms with Gasteiger partial charge in [-0.2, -0.15) is 5.26 Å². The Morgan fingerprint density at radius 2 is 1.74 bits per heavy atom. The molecule has 140 valence electrons. The number of nitrogens with one attached hydrogen (secondary N) is 1. The van der Waals surface area contributed by atoms with Crippen LogP contribution in [0.3, 0.4) is 0 Å². The molecule has 27 heavy (non-hydrogen) atoms. The number of benzene rings is 2. The van der Waals surface area contributed by atoms with Crippen molar-refractivity contribution in [2.45, 2.75) is 6.42 Å². The molecular formula is C21H22N2O4. The summed E-state index contributed by atoms with van der Waals surface area (Å²) in [4.78, 5) is 12.3. The van der Waals surface area contributed by atoms with Crippen molar-refractivity contribution in [1.82, 2.24) is 5.32 Å². The maximum absolute atomic E-state index is 12.3. The van der Waals surface area contributed by atoms with Gasteiger partial charge in [-0.15, -0.1) is 0 Å². The SMILES string of the molecule is COc1ccc(C=C(C#N)C(=O)NCCc2ccccc2)c(OC)c1OC. The summed E-state index contributed by atoms with van der Waals surface area (Å²) >= 11 is 0. The summed E-state index contributed by atoms with van der Waals surface area (Å²) < 4.78 is 15.9. The lowest BCUT2D eigenvalue weighted by molar-refractivity contribution is -0.117. The predicted molar refractivity (Wildman–Crippen MR) is 103 cm³/mol. The Kier molecular flexibility index (Phi) is 7.26. The second kappa shape index (κ2) is 9.88. The molecule has 0 spiro atoms. The Morgan fingerprint density at radius 3 is 2.33 bits per heavy atom. The Morgan fingerprint density at radius 1 is 1.04 bits per heavy atom. The third-order valence-corrected chi connectivity index (χ3v) is 3.94. The quantitative estimate of drug-likeness (QED) is 0.574. The lowest BCUT2D eigenvalue weighted by Gasteiger charge is -2.14. The minimum Gasteiger partial charge on any atom is -0.493 e. The van der Waals surface area contributed by atoms with Crippen LogP contribution in [0.15, 0.2) is 48.0 Å². The molecule has 0 heterocycles. The summed E-state index contributed by atoms with van der Waals surface area (Å²) in [5.74, 6) is 0.847. The average molecular weight is 366 g/mol. The van der Waals surface area contributed by atoms with E-state index in [4.69, 9.17) is 14.2 Å². The van der Waals surface area contributed by atoms with Crippen LogP contribution in [0.25, 0.3) is 6.08 Å². The van der Waals surface area contributed by atoms with Gasteiger partial charge in [0.2, 0.25) is 5.75 Å². The molecule has 0 atom stereocenters. The molecule has 1 N–H and O–H groups in total. The molecule has 2 rings (SSSR count). The molecule has 0 bridgehead atoms. The number of nitrogens with zero attached hydrogens (tertiary/aromatic N) is 1. The fourth-order valence-electron chi connectivity index (χ4n) is 2.60. The van der Waals surface area contributed by atoms with Crippen LogP contribution in [0.1, 0.15) is 11.1 Å². The summed E-state index contributed by atoms with van der Waals surface area (Å²) in [5.41, 5.74) is 1.64. The van der Waals surface area contributed by atoms with Crippen LogP contribution in [-0.2, 0) is 11.2 Å². The highest BCUT2D eigenvalue weighted by Gasteiger charge is 2.17. The van der Waals surface area contributed by atoms with Gasteiger partial charge in [0.15, 0.2) is 11.5 Å². The standard InChI is InChI=1S/C21H22N2O4/c1-25-18-10-9-16(19(26-2)20(18)27-3)13-17(14-22)21(24)23-12-11-15-7-5-4-6-8-15/h4-10,13H,11-12H2,1-3H3,(H,23,24). The van der Waals surface area contributed by atoms with Crippen molar-refractivity contribution >= 4 is 12.0 Å². The molecular weight excluding hydrogens is 344 g/mol. The van der Waals surface area contributed by atoms with E-state index in [2.05, 4.69) is 5.32 Å². The van der Waals surface area contributed by atoms with Crippen LogP contribution in [0, 0.1) is 11.3 Å². The van der Waals surface area contributed by atoms with Crippen molar-refractivity contribution in [2.75, 3.05) is 27.9 Å². The van der Waals surface area contributed by atoms with Crippen LogP contribution in [0.4, 0.5) is 0 Å². The van der Waals surface area contributed by atoms with E-state index >= 15 is 0 Å². The van der Waals surface area contributed by atoms with Gasteiger partial charge >= 0.3 is 0 Å². The third kappa shape index (κ3) is 5.02. The Balaban J connectivity index is 2.17. The lowest BCUT2D eigenvalue weighted by Crippen LogP contribution is -2.26. The zero-order valence-corrected chi connectivity index (χ0v) is 15.6. The van der Waals surface area contributed by atoms with Crippen molar-refractivity contribution < 1.29 is 19.0 Å². The molecule has 1 amide bonds. The summed E-state index contributed by atoms with van der Waals surface area (Å²) in [7, 11) is 4.50. The van der Waals surface area contributed by atoms with Gasteiger partial charge in [0.05, 0.1) is 21.3 Å². The fraction of sp³-hybridized carbons (Fsp3) is 0.238. The summed E-state index contributed by atoms with van der Waals surface area (Å²) in [6.07, 6.45) is 2.16. The molecule has 6 nitrogen and oxygen atoms in total. The van der Waals surface area contributed by atoms with E-state index in [1.165, 1.54) is 27.4 Å². The highest BCUT2D eigenvalue weighted by Crippen LogP contribution is 2.40. The number of nitriles is 1. The van der Waals surface area contributed by atoms with Gasteiger partial charge in [-0.3, -0.25) is 4.79 Å². The first-order chi connectivity index (χ1) is 13.1. The number of hydrogen-bond acceptors (Lipinski definition) is 5. The Hall–Kier alpha value is -3.46. The fourth-order valence-corrected chi connectivity index (χ4v) is 2.60. The molecule has 0 aliphatic heterocycles. The number of carbonyl (C=O) groups is 1. The monoisotopic (exact) mass is 366 g/mol. The van der Waals surface area contributed by atoms with Crippen molar-refractivity contribution in [3.8, 4) is 23.3 Å². The first kappa shape index (κ1) is 19.9. The zero-order chi connectivity index (χ0) is 19.6. The molecule has 2 aromatic rings. The van der Waals surface area contributed by atoms with E-state index < -0.39 is 5.91 Å². The van der Waals surface area contributed by atoms with E-state index in [1.807, 2.05) is 36.4 Å². The van der Waals surface area contributed by atoms with E-state index in [9.17, 15) is 10.1 Å². The van der Waals surface area contributed by atoms with Gasteiger partial charge < -0.3 is 19.5 Å². The summed E-state index contributed by atoms with van der Waals surface area (Å²) in [6.45, 7) is 0.435. The highest BCUT2D eigenvalue weighted by atomic mass is 16.5. The molecule has 0 fully saturated rings. The normalized spacial score (nSPS) is 10.7. The highest BCUT2D eigenvalue weighted by molar-refractivity contribution is 6.02. The van der Waals surface area contributed by atoms with Crippen molar-refractivity contribution in [3.05, 3.63) is 59.2 Å². The first-order valence-electron chi connectivity index (χ1n) is 8.37. The Bertz CT molecular complexity index is 854. The lowest BCUT2D eigenvalue weighted by atomic mass is 10.1. The minimum absolute atomic E-state index is 0.0198. The molecule has 0 saturated heterocycles. The van der Waals surface area contributed by atoms with Gasteiger partial charge in [0.1, 0.15) is 11.6 Å². The van der Waals surface area contributed by atoms with Crippen molar-refractivity contribution in [1.29, 1.82) is 5.26 Å². The average Bonchev–Trinajstić information content (AvgIpc) is 2.71. The van der Waals surface area contributed by atoms with Gasteiger partial charge in [-0.1, -0.05) is 30.3 Å². The molecule has 0 saturated carbocycles. The maximum atomic E-state index is 12.3. The minimum atomic E-state index is -0.440. The Labute approximate surface area is 159 Å². The van der Waals surface area contributed by atoms with Gasteiger partial charge in [-0.25, -0.2) is 0 Å².